The van der Waals surface area contributed by atoms with E-state index >= 15 is 0 Å². The van der Waals surface area contributed by atoms with E-state index < -0.39 is 6.10 Å². The van der Waals surface area contributed by atoms with Crippen molar-refractivity contribution in [2.75, 3.05) is 12.8 Å². The zero-order valence-electron chi connectivity index (χ0n) is 11.0. The van der Waals surface area contributed by atoms with Crippen molar-refractivity contribution in [3.8, 4) is 0 Å². The number of nitrogens with one attached hydrogen (secondary N) is 1. The fraction of sp³-hybridized carbons (Fsp3) is 0.250. The Morgan fingerprint density at radius 2 is 1.74 bits per heavy atom. The van der Waals surface area contributed by atoms with Gasteiger partial charge in [0.25, 0.3) is 0 Å². The maximum atomic E-state index is 10.1. The second-order valence-corrected chi connectivity index (χ2v) is 5.51. The molecule has 2 rings (SSSR count). The zero-order valence-corrected chi connectivity index (χ0v) is 11.9. The van der Waals surface area contributed by atoms with E-state index in [-0.39, 0.29) is 0 Å². The molecule has 0 aromatic heterocycles. The van der Waals surface area contributed by atoms with E-state index in [2.05, 4.69) is 29.6 Å². The van der Waals surface area contributed by atoms with E-state index in [1.807, 2.05) is 37.4 Å². The molecule has 2 N–H and O–H groups in total. The van der Waals surface area contributed by atoms with Gasteiger partial charge in [-0.15, -0.1) is 11.8 Å². The minimum Gasteiger partial charge on any atom is -0.388 e. The first kappa shape index (κ1) is 14.1. The Hall–Kier alpha value is -1.29. The van der Waals surface area contributed by atoms with Crippen LogP contribution >= 0.6 is 11.8 Å². The van der Waals surface area contributed by atoms with Crippen LogP contribution in [-0.2, 0) is 6.54 Å². The molecule has 0 bridgehead atoms. The van der Waals surface area contributed by atoms with Crippen LogP contribution in [0.1, 0.15) is 17.2 Å². The molecule has 3 heteroatoms. The third kappa shape index (κ3) is 4.39. The molecule has 0 fully saturated rings. The van der Waals surface area contributed by atoms with Gasteiger partial charge in [0.1, 0.15) is 0 Å². The predicted molar refractivity (Wildman–Crippen MR) is 81.3 cm³/mol. The normalized spacial score (nSPS) is 12.3. The lowest BCUT2D eigenvalue weighted by molar-refractivity contribution is 0.204. The molecule has 0 heterocycles. The number of thioether (sulfide) groups is 1. The summed E-state index contributed by atoms with van der Waals surface area (Å²) in [6.07, 6.45) is -0.414. The van der Waals surface area contributed by atoms with E-state index in [9.17, 15) is 5.11 Å². The lowest BCUT2D eigenvalue weighted by Gasteiger charge is -2.10. The Bertz CT molecular complexity index is 484. The summed E-state index contributed by atoms with van der Waals surface area (Å²) < 4.78 is 0. The Labute approximate surface area is 118 Å². The highest BCUT2D eigenvalue weighted by Crippen LogP contribution is 2.24. The molecule has 0 aliphatic carbocycles. The first-order valence-electron chi connectivity index (χ1n) is 6.39. The summed E-state index contributed by atoms with van der Waals surface area (Å²) in [5.74, 6) is 0.676. The third-order valence-electron chi connectivity index (χ3n) is 2.90. The Morgan fingerprint density at radius 3 is 2.37 bits per heavy atom. The average Bonchev–Trinajstić information content (AvgIpc) is 2.47. The van der Waals surface area contributed by atoms with Crippen LogP contribution in [0.15, 0.2) is 59.5 Å². The molecule has 1 atom stereocenters. The fourth-order valence-corrected chi connectivity index (χ4v) is 2.73. The molecule has 0 spiro atoms. The van der Waals surface area contributed by atoms with E-state index in [0.717, 1.165) is 12.1 Å². The molecule has 1 unspecified atom stereocenters. The summed E-state index contributed by atoms with van der Waals surface area (Å²) in [4.78, 5) is 1.19. The highest BCUT2D eigenvalue weighted by molar-refractivity contribution is 7.99. The lowest BCUT2D eigenvalue weighted by atomic mass is 10.1. The monoisotopic (exact) mass is 273 g/mol. The van der Waals surface area contributed by atoms with Crippen LogP contribution in [0.4, 0.5) is 0 Å². The number of aliphatic hydroxyl groups is 1. The molecule has 100 valence electrons. The van der Waals surface area contributed by atoms with Gasteiger partial charge in [0.05, 0.1) is 6.10 Å². The second kappa shape index (κ2) is 7.34. The minimum absolute atomic E-state index is 0.414. The molecule has 0 amide bonds. The van der Waals surface area contributed by atoms with Crippen molar-refractivity contribution in [2.45, 2.75) is 17.5 Å². The Kier molecular flexibility index (Phi) is 5.45. The summed E-state index contributed by atoms with van der Waals surface area (Å²) >= 11 is 1.68. The molecule has 2 aromatic carbocycles. The van der Waals surface area contributed by atoms with E-state index in [1.54, 1.807) is 11.8 Å². The number of rotatable bonds is 6. The highest BCUT2D eigenvalue weighted by Gasteiger charge is 2.07. The van der Waals surface area contributed by atoms with Gasteiger partial charge in [-0.25, -0.2) is 0 Å². The SMILES string of the molecule is CNCc1ccc(SCC(O)c2ccccc2)cc1. The molecular weight excluding hydrogens is 254 g/mol. The summed E-state index contributed by atoms with van der Waals surface area (Å²) in [5.41, 5.74) is 2.25. The molecule has 0 saturated heterocycles. The van der Waals surface area contributed by atoms with Gasteiger partial charge in [-0.2, -0.15) is 0 Å². The Balaban J connectivity index is 1.88. The third-order valence-corrected chi connectivity index (χ3v) is 3.98. The van der Waals surface area contributed by atoms with Gasteiger partial charge in [0.2, 0.25) is 0 Å². The standard InChI is InChI=1S/C16H19NOS/c1-17-11-13-7-9-15(10-8-13)19-12-16(18)14-5-3-2-4-6-14/h2-10,16-18H,11-12H2,1H3. The Morgan fingerprint density at radius 1 is 1.05 bits per heavy atom. The molecule has 19 heavy (non-hydrogen) atoms. The van der Waals surface area contributed by atoms with E-state index in [0.29, 0.717) is 5.75 Å². The van der Waals surface area contributed by atoms with Gasteiger partial charge in [-0.05, 0) is 30.3 Å². The smallest absolute Gasteiger partial charge is 0.0883 e. The van der Waals surface area contributed by atoms with E-state index in [1.165, 1.54) is 10.5 Å². The fourth-order valence-electron chi connectivity index (χ4n) is 1.85. The van der Waals surface area contributed by atoms with Crippen LogP contribution in [-0.4, -0.2) is 17.9 Å². The second-order valence-electron chi connectivity index (χ2n) is 4.41. The van der Waals surface area contributed by atoms with Crippen molar-refractivity contribution >= 4 is 11.8 Å². The topological polar surface area (TPSA) is 32.3 Å². The van der Waals surface area contributed by atoms with Crippen molar-refractivity contribution < 1.29 is 5.11 Å². The number of aliphatic hydroxyl groups excluding tert-OH is 1. The molecule has 0 aliphatic heterocycles. The molecule has 0 aliphatic rings. The van der Waals surface area contributed by atoms with Gasteiger partial charge >= 0.3 is 0 Å². The summed E-state index contributed by atoms with van der Waals surface area (Å²) in [7, 11) is 1.94. The van der Waals surface area contributed by atoms with Crippen LogP contribution in [0.3, 0.4) is 0 Å². The van der Waals surface area contributed by atoms with Crippen LogP contribution in [0.5, 0.6) is 0 Å². The van der Waals surface area contributed by atoms with Crippen LogP contribution < -0.4 is 5.32 Å². The summed E-state index contributed by atoms with van der Waals surface area (Å²) in [6, 6.07) is 18.2. The lowest BCUT2D eigenvalue weighted by Crippen LogP contribution is -2.04. The maximum absolute atomic E-state index is 10.1. The van der Waals surface area contributed by atoms with Crippen LogP contribution in [0.2, 0.25) is 0 Å². The number of hydrogen-bond donors (Lipinski definition) is 2. The van der Waals surface area contributed by atoms with Crippen molar-refractivity contribution in [3.63, 3.8) is 0 Å². The molecule has 2 aromatic rings. The number of hydrogen-bond acceptors (Lipinski definition) is 3. The molecule has 2 nitrogen and oxygen atoms in total. The van der Waals surface area contributed by atoms with Crippen molar-refractivity contribution in [1.82, 2.24) is 5.32 Å². The predicted octanol–water partition coefficient (Wildman–Crippen LogP) is 3.23. The molecule has 0 radical (unpaired) electrons. The largest absolute Gasteiger partial charge is 0.388 e. The minimum atomic E-state index is -0.414. The van der Waals surface area contributed by atoms with Crippen molar-refractivity contribution in [3.05, 3.63) is 65.7 Å². The molecule has 0 saturated carbocycles. The van der Waals surface area contributed by atoms with Gasteiger partial charge < -0.3 is 10.4 Å². The maximum Gasteiger partial charge on any atom is 0.0883 e. The van der Waals surface area contributed by atoms with Crippen molar-refractivity contribution in [2.24, 2.45) is 0 Å². The van der Waals surface area contributed by atoms with Gasteiger partial charge in [0, 0.05) is 17.2 Å². The van der Waals surface area contributed by atoms with Crippen LogP contribution in [0, 0.1) is 0 Å². The van der Waals surface area contributed by atoms with Crippen molar-refractivity contribution in [1.29, 1.82) is 0 Å². The molecular formula is C16H19NOS. The van der Waals surface area contributed by atoms with E-state index in [4.69, 9.17) is 0 Å². The van der Waals surface area contributed by atoms with Gasteiger partial charge in [-0.1, -0.05) is 42.5 Å². The average molecular weight is 273 g/mol. The summed E-state index contributed by atoms with van der Waals surface area (Å²) in [5, 5.41) is 13.2. The van der Waals surface area contributed by atoms with Gasteiger partial charge in [-0.3, -0.25) is 0 Å². The first-order chi connectivity index (χ1) is 9.29. The highest BCUT2D eigenvalue weighted by atomic mass is 32.2. The quantitative estimate of drug-likeness (QED) is 0.793. The summed E-state index contributed by atoms with van der Waals surface area (Å²) in [6.45, 7) is 0.886. The zero-order chi connectivity index (χ0) is 13.5. The van der Waals surface area contributed by atoms with Crippen LogP contribution in [0.25, 0.3) is 0 Å². The number of benzene rings is 2. The first-order valence-corrected chi connectivity index (χ1v) is 7.37. The van der Waals surface area contributed by atoms with Gasteiger partial charge in [0.15, 0.2) is 0 Å².